The Balaban J connectivity index is 3.42. The van der Waals surface area contributed by atoms with Crippen molar-refractivity contribution in [3.05, 3.63) is 5.53 Å². The van der Waals surface area contributed by atoms with Gasteiger partial charge in [0.1, 0.15) is 0 Å². The number of amidine groups is 2. The molecule has 0 unspecified atom stereocenters. The average molecular weight is 188 g/mol. The van der Waals surface area contributed by atoms with E-state index in [1.807, 2.05) is 0 Å². The Bertz CT molecular complexity index is 396. The topological polar surface area (TPSA) is 147 Å². The van der Waals surface area contributed by atoms with E-state index in [2.05, 4.69) is 13.6 Å². The van der Waals surface area contributed by atoms with Crippen LogP contribution in [0.5, 0.6) is 0 Å². The van der Waals surface area contributed by atoms with Gasteiger partial charge in [0.15, 0.2) is 0 Å². The van der Waals surface area contributed by atoms with Crippen molar-refractivity contribution >= 4 is 27.6 Å². The fraction of sp³-hybridized carbons (Fsp3) is 0. The highest BCUT2D eigenvalue weighted by Gasteiger charge is 2.29. The quantitative estimate of drug-likeness (QED) is 0.323. The van der Waals surface area contributed by atoms with E-state index in [1.165, 1.54) is 0 Å². The molecule has 8 nitrogen and oxygen atoms in total. The molecule has 64 valence electrons. The van der Waals surface area contributed by atoms with E-state index in [1.54, 1.807) is 0 Å². The minimum atomic E-state index is -3.99. The molecule has 0 saturated carbocycles. The van der Waals surface area contributed by atoms with Crippen LogP contribution in [0.25, 0.3) is 5.53 Å². The zero-order valence-corrected chi connectivity index (χ0v) is 6.48. The third kappa shape index (κ3) is 1.31. The van der Waals surface area contributed by atoms with Crippen molar-refractivity contribution in [3.8, 4) is 0 Å². The molecule has 9 heteroatoms. The van der Waals surface area contributed by atoms with Gasteiger partial charge in [-0.3, -0.25) is 0 Å². The molecule has 1 aliphatic heterocycles. The van der Waals surface area contributed by atoms with Gasteiger partial charge in [-0.25, -0.2) is 0 Å². The predicted molar refractivity (Wildman–Crippen MR) is 40.8 cm³/mol. The predicted octanol–water partition coefficient (Wildman–Crippen LogP) is -2.37. The second-order valence-corrected chi connectivity index (χ2v) is 3.11. The molecule has 0 aromatic rings. The molecular weight excluding hydrogens is 184 g/mol. The lowest BCUT2D eigenvalue weighted by atomic mass is 10.3. The van der Waals surface area contributed by atoms with E-state index in [4.69, 9.17) is 17.0 Å². The summed E-state index contributed by atoms with van der Waals surface area (Å²) in [4.78, 5) is 2.62. The maximum atomic E-state index is 10.7. The van der Waals surface area contributed by atoms with Crippen LogP contribution in [0.3, 0.4) is 0 Å². The van der Waals surface area contributed by atoms with Crippen molar-refractivity contribution in [3.63, 3.8) is 0 Å². The normalized spacial score (nSPS) is 20.8. The fourth-order valence-corrected chi connectivity index (χ4v) is 1.30. The number of hydrogen-bond acceptors (Lipinski definition) is 4. The maximum Gasteiger partial charge on any atom is 0.400 e. The summed E-state index contributed by atoms with van der Waals surface area (Å²) in [7, 11) is -3.99. The Morgan fingerprint density at radius 2 is 1.67 bits per heavy atom. The van der Waals surface area contributed by atoms with Crippen LogP contribution in [0.2, 0.25) is 0 Å². The molecule has 0 atom stereocenters. The summed E-state index contributed by atoms with van der Waals surface area (Å²) in [5.74, 6) is -0.963. The zero-order valence-electron chi connectivity index (χ0n) is 5.67. The van der Waals surface area contributed by atoms with Crippen molar-refractivity contribution in [1.82, 2.24) is 0 Å². The van der Waals surface area contributed by atoms with Crippen LogP contribution < -0.4 is 11.5 Å². The maximum absolute atomic E-state index is 10.7. The van der Waals surface area contributed by atoms with Crippen molar-refractivity contribution in [2.75, 3.05) is 0 Å². The number of hydrogen-bond donors (Lipinski definition) is 2. The van der Waals surface area contributed by atoms with Crippen molar-refractivity contribution in [2.24, 2.45) is 20.3 Å². The van der Waals surface area contributed by atoms with E-state index in [0.717, 1.165) is 0 Å². The van der Waals surface area contributed by atoms with Gasteiger partial charge in [-0.1, -0.05) is 0 Å². The van der Waals surface area contributed by atoms with Crippen LogP contribution in [0.4, 0.5) is 0 Å². The molecule has 0 spiro atoms. The molecule has 12 heavy (non-hydrogen) atoms. The molecular formula is C3H4N6O2S. The smallest absolute Gasteiger partial charge is 0.376 e. The van der Waals surface area contributed by atoms with Crippen molar-refractivity contribution in [2.45, 2.75) is 0 Å². The van der Waals surface area contributed by atoms with Crippen LogP contribution in [0.1, 0.15) is 0 Å². The Morgan fingerprint density at radius 3 is 2.00 bits per heavy atom. The SMILES string of the molecule is [N-]=[N+]=C1C(N)=NS(=O)(=O)N=C1N. The first kappa shape index (κ1) is 8.37. The second kappa shape index (κ2) is 2.40. The monoisotopic (exact) mass is 188 g/mol. The molecule has 0 bridgehead atoms. The molecule has 1 heterocycles. The summed E-state index contributed by atoms with van der Waals surface area (Å²) in [5, 5.41) is 0. The van der Waals surface area contributed by atoms with Crippen LogP contribution in [-0.2, 0) is 10.2 Å². The molecule has 0 amide bonds. The first-order valence-corrected chi connectivity index (χ1v) is 4.04. The first-order chi connectivity index (χ1) is 5.46. The van der Waals surface area contributed by atoms with Gasteiger partial charge in [0.05, 0.1) is 0 Å². The molecule has 0 fully saturated rings. The van der Waals surface area contributed by atoms with Gasteiger partial charge in [0.2, 0.25) is 11.7 Å². The average Bonchev–Trinajstić information content (AvgIpc) is 1.82. The Kier molecular flexibility index (Phi) is 1.67. The summed E-state index contributed by atoms with van der Waals surface area (Å²) in [6, 6.07) is 0. The van der Waals surface area contributed by atoms with Crippen LogP contribution in [-0.4, -0.2) is 30.6 Å². The van der Waals surface area contributed by atoms with Crippen LogP contribution in [0.15, 0.2) is 8.80 Å². The lowest BCUT2D eigenvalue weighted by molar-refractivity contribution is 0.00152. The highest BCUT2D eigenvalue weighted by molar-refractivity contribution is 7.89. The van der Waals surface area contributed by atoms with Crippen molar-refractivity contribution < 1.29 is 13.2 Å². The van der Waals surface area contributed by atoms with Gasteiger partial charge in [0, 0.05) is 0 Å². The summed E-state index contributed by atoms with van der Waals surface area (Å²) in [5.41, 5.74) is 18.1. The Morgan fingerprint density at radius 1 is 1.25 bits per heavy atom. The molecule has 1 aliphatic rings. The lowest BCUT2D eigenvalue weighted by Gasteiger charge is -1.99. The summed E-state index contributed by atoms with van der Waals surface area (Å²) in [6.45, 7) is 0. The van der Waals surface area contributed by atoms with E-state index < -0.39 is 21.9 Å². The summed E-state index contributed by atoms with van der Waals surface area (Å²) < 4.78 is 27.2. The van der Waals surface area contributed by atoms with Gasteiger partial charge in [-0.2, -0.15) is 13.2 Å². The van der Waals surface area contributed by atoms with Gasteiger partial charge < -0.3 is 17.0 Å². The molecule has 0 aliphatic carbocycles. The third-order valence-corrected chi connectivity index (χ3v) is 1.87. The standard InChI is InChI=1S/C3H4N6O2S/c4-2-1(7-6)3(5)9-12(10,11)8-2/h(H2,4,8)(H2,5,9). The molecule has 0 aromatic carbocycles. The van der Waals surface area contributed by atoms with Gasteiger partial charge in [0.25, 0.3) is 0 Å². The van der Waals surface area contributed by atoms with E-state index in [0.29, 0.717) is 0 Å². The minimum Gasteiger partial charge on any atom is -0.376 e. The van der Waals surface area contributed by atoms with Gasteiger partial charge >= 0.3 is 15.9 Å². The van der Waals surface area contributed by atoms with Gasteiger partial charge in [-0.15, -0.1) is 8.80 Å². The molecule has 0 radical (unpaired) electrons. The van der Waals surface area contributed by atoms with Crippen molar-refractivity contribution in [1.29, 1.82) is 0 Å². The van der Waals surface area contributed by atoms with E-state index in [-0.39, 0.29) is 5.71 Å². The molecule has 0 saturated heterocycles. The third-order valence-electron chi connectivity index (χ3n) is 1.01. The zero-order chi connectivity index (χ0) is 9.35. The largest absolute Gasteiger partial charge is 0.400 e. The first-order valence-electron chi connectivity index (χ1n) is 2.65. The highest BCUT2D eigenvalue weighted by atomic mass is 32.2. The van der Waals surface area contributed by atoms with Crippen LogP contribution in [0, 0.1) is 0 Å². The minimum absolute atomic E-state index is 0.343. The second-order valence-electron chi connectivity index (χ2n) is 1.85. The van der Waals surface area contributed by atoms with Crippen LogP contribution >= 0.6 is 0 Å². The lowest BCUT2D eigenvalue weighted by Crippen LogP contribution is -2.40. The Hall–Kier alpha value is -1.73. The summed E-state index contributed by atoms with van der Waals surface area (Å²) in [6.07, 6.45) is 0. The highest BCUT2D eigenvalue weighted by Crippen LogP contribution is 2.00. The van der Waals surface area contributed by atoms with Gasteiger partial charge in [-0.05, 0) is 0 Å². The molecule has 1 rings (SSSR count). The van der Waals surface area contributed by atoms with E-state index >= 15 is 0 Å². The number of nitrogens with two attached hydrogens (primary N) is 2. The fourth-order valence-electron chi connectivity index (χ4n) is 0.589. The number of rotatable bonds is 0. The summed E-state index contributed by atoms with van der Waals surface area (Å²) >= 11 is 0. The van der Waals surface area contributed by atoms with E-state index in [9.17, 15) is 8.42 Å². The molecule has 4 N–H and O–H groups in total. The number of nitrogens with zero attached hydrogens (tertiary/aromatic N) is 4. The Labute approximate surface area is 67.4 Å². The molecule has 0 aromatic heterocycles.